The van der Waals surface area contributed by atoms with Crippen LogP contribution in [0.5, 0.6) is 0 Å². The van der Waals surface area contributed by atoms with Crippen molar-refractivity contribution >= 4 is 32.2 Å². The number of sulfonamides is 1. The minimum atomic E-state index is -3.25. The summed E-state index contributed by atoms with van der Waals surface area (Å²) in [6.45, 7) is 3.79. The second-order valence-corrected chi connectivity index (χ2v) is 7.53. The number of anilines is 2. The number of nitrogens with zero attached hydrogens (tertiary/aromatic N) is 1. The fraction of sp³-hybridized carbons (Fsp3) is 0.308. The van der Waals surface area contributed by atoms with Gasteiger partial charge in [-0.15, -0.1) is 11.3 Å². The number of nitrogen functional groups attached to an aromatic ring is 1. The highest BCUT2D eigenvalue weighted by Gasteiger charge is 2.10. The third kappa shape index (κ3) is 3.49. The van der Waals surface area contributed by atoms with Crippen LogP contribution in [-0.4, -0.2) is 19.2 Å². The van der Waals surface area contributed by atoms with Crippen LogP contribution in [0.4, 0.5) is 10.8 Å². The van der Waals surface area contributed by atoms with E-state index in [0.717, 1.165) is 16.1 Å². The van der Waals surface area contributed by atoms with Crippen LogP contribution >= 0.6 is 11.3 Å². The van der Waals surface area contributed by atoms with Crippen LogP contribution in [0.1, 0.15) is 18.2 Å². The molecule has 108 valence electrons. The van der Waals surface area contributed by atoms with Gasteiger partial charge in [0.2, 0.25) is 10.0 Å². The first-order chi connectivity index (χ1) is 9.41. The van der Waals surface area contributed by atoms with E-state index in [1.807, 2.05) is 26.0 Å². The Labute approximate surface area is 122 Å². The van der Waals surface area contributed by atoms with Crippen LogP contribution in [0.25, 0.3) is 11.3 Å². The molecular formula is C13H17N3O2S2. The maximum Gasteiger partial charge on any atom is 0.232 e. The van der Waals surface area contributed by atoms with Gasteiger partial charge < -0.3 is 5.73 Å². The minimum absolute atomic E-state index is 0.122. The van der Waals surface area contributed by atoms with Gasteiger partial charge in [0.15, 0.2) is 5.13 Å². The number of nitrogens with two attached hydrogens (primary N) is 1. The normalized spacial score (nSPS) is 11.5. The third-order valence-electron chi connectivity index (χ3n) is 2.72. The van der Waals surface area contributed by atoms with Gasteiger partial charge in [0, 0.05) is 16.1 Å². The molecule has 0 aliphatic carbocycles. The summed E-state index contributed by atoms with van der Waals surface area (Å²) in [4.78, 5) is 5.32. The lowest BCUT2D eigenvalue weighted by molar-refractivity contribution is 0.600. The van der Waals surface area contributed by atoms with Gasteiger partial charge in [-0.2, -0.15) is 0 Å². The van der Waals surface area contributed by atoms with Crippen molar-refractivity contribution in [1.29, 1.82) is 0 Å². The van der Waals surface area contributed by atoms with Crippen molar-refractivity contribution in [2.45, 2.75) is 20.3 Å². The van der Waals surface area contributed by atoms with Crippen molar-refractivity contribution in [2.24, 2.45) is 0 Å². The number of hydrogen-bond acceptors (Lipinski definition) is 5. The molecule has 0 saturated carbocycles. The van der Waals surface area contributed by atoms with E-state index in [4.69, 9.17) is 5.73 Å². The van der Waals surface area contributed by atoms with E-state index in [2.05, 4.69) is 9.71 Å². The first-order valence-corrected chi connectivity index (χ1v) is 8.72. The number of thiazole rings is 1. The van der Waals surface area contributed by atoms with Crippen molar-refractivity contribution < 1.29 is 8.42 Å². The Balaban J connectivity index is 2.21. The van der Waals surface area contributed by atoms with Crippen LogP contribution in [0.2, 0.25) is 0 Å². The molecule has 2 aromatic rings. The number of hydrogen-bond donors (Lipinski definition) is 2. The van der Waals surface area contributed by atoms with Crippen molar-refractivity contribution in [3.05, 3.63) is 29.1 Å². The molecule has 0 spiro atoms. The van der Waals surface area contributed by atoms with Gasteiger partial charge in [-0.25, -0.2) is 13.4 Å². The lowest BCUT2D eigenvalue weighted by Gasteiger charge is -2.07. The molecular weight excluding hydrogens is 294 g/mol. The van der Waals surface area contributed by atoms with E-state index in [-0.39, 0.29) is 5.75 Å². The Bertz CT molecular complexity index is 691. The van der Waals surface area contributed by atoms with Crippen LogP contribution in [0.3, 0.4) is 0 Å². The van der Waals surface area contributed by atoms with Gasteiger partial charge in [0.05, 0.1) is 11.4 Å². The average Bonchev–Trinajstić information content (AvgIpc) is 2.69. The Hall–Kier alpha value is -1.60. The van der Waals surface area contributed by atoms with Gasteiger partial charge in [-0.1, -0.05) is 19.1 Å². The molecule has 1 aromatic carbocycles. The molecule has 0 atom stereocenters. The summed E-state index contributed by atoms with van der Waals surface area (Å²) in [7, 11) is -3.25. The molecule has 2 rings (SSSR count). The monoisotopic (exact) mass is 311 g/mol. The summed E-state index contributed by atoms with van der Waals surface area (Å²) in [5, 5.41) is 0.533. The van der Waals surface area contributed by atoms with Gasteiger partial charge in [-0.05, 0) is 25.5 Å². The van der Waals surface area contributed by atoms with E-state index in [1.165, 1.54) is 11.3 Å². The van der Waals surface area contributed by atoms with Gasteiger partial charge in [0.25, 0.3) is 0 Å². The largest absolute Gasteiger partial charge is 0.375 e. The Morgan fingerprint density at radius 2 is 1.95 bits per heavy atom. The van der Waals surface area contributed by atoms with Gasteiger partial charge in [0.1, 0.15) is 0 Å². The number of nitrogens with one attached hydrogen (secondary N) is 1. The summed E-state index contributed by atoms with van der Waals surface area (Å²) in [6.07, 6.45) is 0.588. The molecule has 0 radical (unpaired) electrons. The molecule has 0 aliphatic rings. The van der Waals surface area contributed by atoms with Crippen molar-refractivity contribution in [2.75, 3.05) is 16.2 Å². The SMILES string of the molecule is CCCS(=O)(=O)Nc1ccc(-c2nc(N)sc2C)cc1. The fourth-order valence-corrected chi connectivity index (χ4v) is 3.73. The van der Waals surface area contributed by atoms with Gasteiger partial charge >= 0.3 is 0 Å². The molecule has 7 heteroatoms. The summed E-state index contributed by atoms with van der Waals surface area (Å²) in [6, 6.07) is 7.14. The van der Waals surface area contributed by atoms with Crippen molar-refractivity contribution in [1.82, 2.24) is 4.98 Å². The van der Waals surface area contributed by atoms with Crippen LogP contribution in [0.15, 0.2) is 24.3 Å². The number of rotatable bonds is 5. The van der Waals surface area contributed by atoms with E-state index in [1.54, 1.807) is 12.1 Å². The lowest BCUT2D eigenvalue weighted by Crippen LogP contribution is -2.15. The molecule has 1 aromatic heterocycles. The summed E-state index contributed by atoms with van der Waals surface area (Å²) in [5.74, 6) is 0.122. The molecule has 1 heterocycles. The smallest absolute Gasteiger partial charge is 0.232 e. The first-order valence-electron chi connectivity index (χ1n) is 6.25. The Morgan fingerprint density at radius 1 is 1.30 bits per heavy atom. The number of aromatic nitrogens is 1. The summed E-state index contributed by atoms with van der Waals surface area (Å²) in [5.41, 5.74) is 8.01. The molecule has 0 saturated heterocycles. The minimum Gasteiger partial charge on any atom is -0.375 e. The Kier molecular flexibility index (Phi) is 4.29. The number of benzene rings is 1. The molecule has 0 aliphatic heterocycles. The second kappa shape index (κ2) is 5.80. The zero-order chi connectivity index (χ0) is 14.8. The Morgan fingerprint density at radius 3 is 2.45 bits per heavy atom. The topological polar surface area (TPSA) is 85.1 Å². The molecule has 0 unspecified atom stereocenters. The standard InChI is InChI=1S/C13H17N3O2S2/c1-3-8-20(17,18)16-11-6-4-10(5-7-11)12-9(2)19-13(14)15-12/h4-7,16H,3,8H2,1-2H3,(H2,14,15). The van der Waals surface area contributed by atoms with E-state index in [9.17, 15) is 8.42 Å². The molecule has 5 nitrogen and oxygen atoms in total. The highest BCUT2D eigenvalue weighted by atomic mass is 32.2. The fourth-order valence-electron chi connectivity index (χ4n) is 1.88. The van der Waals surface area contributed by atoms with Crippen molar-refractivity contribution in [3.8, 4) is 11.3 Å². The van der Waals surface area contributed by atoms with Crippen LogP contribution in [-0.2, 0) is 10.0 Å². The summed E-state index contributed by atoms with van der Waals surface area (Å²) >= 11 is 1.44. The lowest BCUT2D eigenvalue weighted by atomic mass is 10.1. The predicted octanol–water partition coefficient (Wildman–Crippen LogP) is 2.85. The predicted molar refractivity (Wildman–Crippen MR) is 84.4 cm³/mol. The number of aryl methyl sites for hydroxylation is 1. The van der Waals surface area contributed by atoms with E-state index < -0.39 is 10.0 Å². The van der Waals surface area contributed by atoms with E-state index in [0.29, 0.717) is 17.2 Å². The zero-order valence-electron chi connectivity index (χ0n) is 11.4. The van der Waals surface area contributed by atoms with E-state index >= 15 is 0 Å². The second-order valence-electron chi connectivity index (χ2n) is 4.46. The molecule has 3 N–H and O–H groups in total. The highest BCUT2D eigenvalue weighted by Crippen LogP contribution is 2.29. The molecule has 0 amide bonds. The first kappa shape index (κ1) is 14.8. The third-order valence-corrected chi connectivity index (χ3v) is 5.01. The van der Waals surface area contributed by atoms with Crippen molar-refractivity contribution in [3.63, 3.8) is 0 Å². The molecule has 20 heavy (non-hydrogen) atoms. The molecule has 0 bridgehead atoms. The zero-order valence-corrected chi connectivity index (χ0v) is 13.0. The van der Waals surface area contributed by atoms with Gasteiger partial charge in [-0.3, -0.25) is 4.72 Å². The van der Waals surface area contributed by atoms with Crippen LogP contribution < -0.4 is 10.5 Å². The maximum absolute atomic E-state index is 11.7. The molecule has 0 fully saturated rings. The average molecular weight is 311 g/mol. The maximum atomic E-state index is 11.7. The quantitative estimate of drug-likeness (QED) is 0.889. The summed E-state index contributed by atoms with van der Waals surface area (Å²) < 4.78 is 25.9. The van der Waals surface area contributed by atoms with Crippen LogP contribution in [0, 0.1) is 6.92 Å². The highest BCUT2D eigenvalue weighted by molar-refractivity contribution is 7.92.